The number of hydrogen-bond donors (Lipinski definition) is 1. The Morgan fingerprint density at radius 1 is 1.24 bits per heavy atom. The van der Waals surface area contributed by atoms with Gasteiger partial charge in [-0.2, -0.15) is 5.10 Å². The second-order valence-electron chi connectivity index (χ2n) is 4.07. The van der Waals surface area contributed by atoms with E-state index in [1.54, 1.807) is 12.4 Å². The highest BCUT2D eigenvalue weighted by Gasteiger charge is 2.18. The van der Waals surface area contributed by atoms with Crippen LogP contribution in [0.1, 0.15) is 12.8 Å². The van der Waals surface area contributed by atoms with Crippen LogP contribution in [-0.4, -0.2) is 38.6 Å². The van der Waals surface area contributed by atoms with Crippen LogP contribution in [0, 0.1) is 0 Å². The molecule has 3 heterocycles. The van der Waals surface area contributed by atoms with Crippen molar-refractivity contribution in [3.8, 4) is 0 Å². The van der Waals surface area contributed by atoms with Gasteiger partial charge in [0.15, 0.2) is 5.82 Å². The van der Waals surface area contributed by atoms with E-state index >= 15 is 0 Å². The molecule has 1 N–H and O–H groups in total. The van der Waals surface area contributed by atoms with E-state index in [9.17, 15) is 0 Å². The van der Waals surface area contributed by atoms with Crippen LogP contribution in [-0.2, 0) is 0 Å². The second kappa shape index (κ2) is 4.04. The van der Waals surface area contributed by atoms with Gasteiger partial charge >= 0.3 is 0 Å². The van der Waals surface area contributed by atoms with Crippen LogP contribution in [0.15, 0.2) is 29.8 Å². The van der Waals surface area contributed by atoms with Gasteiger partial charge in [-0.05, 0) is 6.07 Å². The normalized spacial score (nSPS) is 16.5. The van der Waals surface area contributed by atoms with Crippen LogP contribution in [0.3, 0.4) is 0 Å². The van der Waals surface area contributed by atoms with E-state index in [-0.39, 0.29) is 0 Å². The molecule has 6 nitrogen and oxygen atoms in total. The summed E-state index contributed by atoms with van der Waals surface area (Å²) >= 11 is 0. The summed E-state index contributed by atoms with van der Waals surface area (Å²) in [6.07, 6.45) is 6.93. The molecule has 1 aliphatic heterocycles. The molecular weight excluding hydrogens is 218 g/mol. The van der Waals surface area contributed by atoms with Gasteiger partial charge in [0.05, 0.1) is 11.9 Å². The molecule has 0 aliphatic carbocycles. The first-order chi connectivity index (χ1) is 8.38. The number of piperidine rings is 1. The first-order valence-corrected chi connectivity index (χ1v) is 5.61. The minimum atomic E-state index is 0.785. The molecule has 6 heteroatoms. The Bertz CT molecular complexity index is 552. The quantitative estimate of drug-likeness (QED) is 0.590. The van der Waals surface area contributed by atoms with E-state index in [0.717, 1.165) is 43.0 Å². The van der Waals surface area contributed by atoms with E-state index in [4.69, 9.17) is 5.21 Å². The van der Waals surface area contributed by atoms with Crippen molar-refractivity contribution in [1.29, 1.82) is 0 Å². The zero-order valence-corrected chi connectivity index (χ0v) is 9.32. The van der Waals surface area contributed by atoms with E-state index in [1.165, 1.54) is 0 Å². The largest absolute Gasteiger partial charge is 0.411 e. The first kappa shape index (κ1) is 10.1. The number of oxime groups is 1. The molecule has 17 heavy (non-hydrogen) atoms. The minimum absolute atomic E-state index is 0.785. The Morgan fingerprint density at radius 3 is 2.82 bits per heavy atom. The Labute approximate surface area is 98.2 Å². The molecule has 3 rings (SSSR count). The van der Waals surface area contributed by atoms with Gasteiger partial charge in [-0.3, -0.25) is 0 Å². The van der Waals surface area contributed by atoms with Crippen LogP contribution < -0.4 is 4.90 Å². The molecule has 0 saturated carbocycles. The molecule has 0 aromatic carbocycles. The van der Waals surface area contributed by atoms with Crippen LogP contribution in [0.2, 0.25) is 0 Å². The molecule has 1 aliphatic rings. The molecule has 1 fully saturated rings. The Balaban J connectivity index is 1.92. The van der Waals surface area contributed by atoms with E-state index in [2.05, 4.69) is 20.1 Å². The van der Waals surface area contributed by atoms with Crippen LogP contribution in [0.25, 0.3) is 5.52 Å². The van der Waals surface area contributed by atoms with Gasteiger partial charge < -0.3 is 10.1 Å². The topological polar surface area (TPSA) is 66.0 Å². The van der Waals surface area contributed by atoms with Gasteiger partial charge in [0.1, 0.15) is 5.52 Å². The van der Waals surface area contributed by atoms with Gasteiger partial charge in [0.2, 0.25) is 0 Å². The standard InChI is InChI=1S/C11H13N5O/c17-14-9-2-6-15(7-3-9)11-10-1-4-13-16(10)8-5-12-11/h1,4-5,8,17H,2-3,6-7H2. The van der Waals surface area contributed by atoms with Crippen molar-refractivity contribution in [3.63, 3.8) is 0 Å². The molecule has 2 aromatic rings. The summed E-state index contributed by atoms with van der Waals surface area (Å²) in [7, 11) is 0. The van der Waals surface area contributed by atoms with Crippen LogP contribution in [0.5, 0.6) is 0 Å². The van der Waals surface area contributed by atoms with Crippen molar-refractivity contribution in [2.24, 2.45) is 5.16 Å². The van der Waals surface area contributed by atoms with Crippen molar-refractivity contribution in [2.45, 2.75) is 12.8 Å². The third kappa shape index (κ3) is 1.71. The summed E-state index contributed by atoms with van der Waals surface area (Å²) in [5, 5.41) is 16.2. The summed E-state index contributed by atoms with van der Waals surface area (Å²) in [6, 6.07) is 1.96. The summed E-state index contributed by atoms with van der Waals surface area (Å²) in [5.74, 6) is 0.946. The van der Waals surface area contributed by atoms with Gasteiger partial charge in [0.25, 0.3) is 0 Å². The lowest BCUT2D eigenvalue weighted by atomic mass is 10.1. The molecule has 0 unspecified atom stereocenters. The van der Waals surface area contributed by atoms with Gasteiger partial charge in [0, 0.05) is 38.3 Å². The summed E-state index contributed by atoms with van der Waals surface area (Å²) in [5.41, 5.74) is 1.87. The minimum Gasteiger partial charge on any atom is -0.411 e. The average molecular weight is 231 g/mol. The highest BCUT2D eigenvalue weighted by Crippen LogP contribution is 2.21. The zero-order valence-electron chi connectivity index (χ0n) is 9.32. The molecule has 2 aromatic heterocycles. The molecule has 0 amide bonds. The fourth-order valence-electron chi connectivity index (χ4n) is 2.16. The van der Waals surface area contributed by atoms with E-state index in [1.807, 2.05) is 16.8 Å². The molecule has 88 valence electrons. The predicted molar refractivity (Wildman–Crippen MR) is 63.7 cm³/mol. The number of aromatic nitrogens is 3. The number of fused-ring (bicyclic) bond motifs is 1. The lowest BCUT2D eigenvalue weighted by Crippen LogP contribution is -2.34. The number of hydrogen-bond acceptors (Lipinski definition) is 5. The Kier molecular flexibility index (Phi) is 2.40. The van der Waals surface area contributed by atoms with Crippen molar-refractivity contribution in [2.75, 3.05) is 18.0 Å². The van der Waals surface area contributed by atoms with Crippen molar-refractivity contribution < 1.29 is 5.21 Å². The third-order valence-corrected chi connectivity index (χ3v) is 3.09. The molecular formula is C11H13N5O. The van der Waals surface area contributed by atoms with Gasteiger partial charge in [-0.25, -0.2) is 9.50 Å². The van der Waals surface area contributed by atoms with Gasteiger partial charge in [-0.1, -0.05) is 5.16 Å². The number of nitrogens with zero attached hydrogens (tertiary/aromatic N) is 5. The highest BCUT2D eigenvalue weighted by atomic mass is 16.4. The third-order valence-electron chi connectivity index (χ3n) is 3.09. The molecule has 0 radical (unpaired) electrons. The monoisotopic (exact) mass is 231 g/mol. The first-order valence-electron chi connectivity index (χ1n) is 5.61. The fourth-order valence-corrected chi connectivity index (χ4v) is 2.16. The maximum Gasteiger partial charge on any atom is 0.154 e. The second-order valence-corrected chi connectivity index (χ2v) is 4.07. The average Bonchev–Trinajstić information content (AvgIpc) is 2.87. The lowest BCUT2D eigenvalue weighted by Gasteiger charge is -2.28. The van der Waals surface area contributed by atoms with Crippen LogP contribution in [0.4, 0.5) is 5.82 Å². The van der Waals surface area contributed by atoms with Crippen molar-refractivity contribution in [3.05, 3.63) is 24.7 Å². The molecule has 1 saturated heterocycles. The van der Waals surface area contributed by atoms with Crippen LogP contribution >= 0.6 is 0 Å². The molecule has 0 bridgehead atoms. The lowest BCUT2D eigenvalue weighted by molar-refractivity contribution is 0.315. The fraction of sp³-hybridized carbons (Fsp3) is 0.364. The molecule has 0 atom stereocenters. The summed E-state index contributed by atoms with van der Waals surface area (Å²) < 4.78 is 1.82. The number of rotatable bonds is 1. The Morgan fingerprint density at radius 2 is 2.06 bits per heavy atom. The maximum atomic E-state index is 8.73. The van der Waals surface area contributed by atoms with Crippen molar-refractivity contribution in [1.82, 2.24) is 14.6 Å². The summed E-state index contributed by atoms with van der Waals surface area (Å²) in [4.78, 5) is 6.62. The smallest absolute Gasteiger partial charge is 0.154 e. The van der Waals surface area contributed by atoms with Crippen molar-refractivity contribution >= 4 is 17.0 Å². The van der Waals surface area contributed by atoms with E-state index in [0.29, 0.717) is 0 Å². The molecule has 0 spiro atoms. The zero-order chi connectivity index (χ0) is 11.7. The predicted octanol–water partition coefficient (Wildman–Crippen LogP) is 1.16. The van der Waals surface area contributed by atoms with Gasteiger partial charge in [-0.15, -0.1) is 0 Å². The maximum absolute atomic E-state index is 8.73. The summed E-state index contributed by atoms with van der Waals surface area (Å²) in [6.45, 7) is 1.66. The van der Waals surface area contributed by atoms with E-state index < -0.39 is 0 Å². The SMILES string of the molecule is ON=C1CCN(c2nccn3nccc23)CC1. The number of anilines is 1. The highest BCUT2D eigenvalue weighted by molar-refractivity contribution is 5.86. The Hall–Kier alpha value is -2.11.